The van der Waals surface area contributed by atoms with Gasteiger partial charge in [-0.3, -0.25) is 4.90 Å². The van der Waals surface area contributed by atoms with Gasteiger partial charge in [0.1, 0.15) is 0 Å². The van der Waals surface area contributed by atoms with E-state index in [1.807, 2.05) is 0 Å². The minimum absolute atomic E-state index is 0.352. The molecule has 0 aliphatic heterocycles. The first-order valence-electron chi connectivity index (χ1n) is 8.34. The van der Waals surface area contributed by atoms with Crippen molar-refractivity contribution in [1.29, 1.82) is 0 Å². The fourth-order valence-corrected chi connectivity index (χ4v) is 3.03. The summed E-state index contributed by atoms with van der Waals surface area (Å²) < 4.78 is 0. The summed E-state index contributed by atoms with van der Waals surface area (Å²) in [5.74, 6) is 0.831. The fraction of sp³-hybridized carbons (Fsp3) is 0.667. The van der Waals surface area contributed by atoms with Gasteiger partial charge in [-0.05, 0) is 63.5 Å². The van der Waals surface area contributed by atoms with Crippen LogP contribution in [0.25, 0.3) is 0 Å². The Labute approximate surface area is 130 Å². The normalized spacial score (nSPS) is 16.7. The second-order valence-electron chi connectivity index (χ2n) is 6.48. The zero-order chi connectivity index (χ0) is 15.2. The lowest BCUT2D eigenvalue weighted by Crippen LogP contribution is -2.35. The zero-order valence-electron chi connectivity index (χ0n) is 13.9. The molecule has 0 spiro atoms. The Hall–Kier alpha value is -0.900. The van der Waals surface area contributed by atoms with Crippen LogP contribution in [-0.4, -0.2) is 50.1 Å². The van der Waals surface area contributed by atoms with Crippen LogP contribution in [-0.2, 0) is 0 Å². The van der Waals surface area contributed by atoms with E-state index in [1.54, 1.807) is 0 Å². The summed E-state index contributed by atoms with van der Waals surface area (Å²) in [6.07, 6.45) is 3.92. The average Bonchev–Trinajstić information content (AvgIpc) is 3.31. The molecule has 2 N–H and O–H groups in total. The van der Waals surface area contributed by atoms with E-state index in [1.165, 1.54) is 30.4 Å². The highest BCUT2D eigenvalue weighted by molar-refractivity contribution is 5.30. The third-order valence-corrected chi connectivity index (χ3v) is 4.49. The summed E-state index contributed by atoms with van der Waals surface area (Å²) in [6, 6.07) is 9.55. The van der Waals surface area contributed by atoms with Gasteiger partial charge in [0.05, 0.1) is 0 Å². The van der Waals surface area contributed by atoms with E-state index in [0.717, 1.165) is 25.6 Å². The minimum Gasteiger partial charge on any atom is -0.329 e. The van der Waals surface area contributed by atoms with Gasteiger partial charge in [0, 0.05) is 19.1 Å². The molecule has 1 unspecified atom stereocenters. The van der Waals surface area contributed by atoms with Gasteiger partial charge in [-0.25, -0.2) is 0 Å². The van der Waals surface area contributed by atoms with Gasteiger partial charge in [0.25, 0.3) is 0 Å². The van der Waals surface area contributed by atoms with Gasteiger partial charge in [0.15, 0.2) is 0 Å². The van der Waals surface area contributed by atoms with Gasteiger partial charge in [-0.15, -0.1) is 0 Å². The predicted octanol–water partition coefficient (Wildman–Crippen LogP) is 2.84. The number of hydrogen-bond donors (Lipinski definition) is 1. The Morgan fingerprint density at radius 2 is 1.81 bits per heavy atom. The topological polar surface area (TPSA) is 32.5 Å². The van der Waals surface area contributed by atoms with Crippen molar-refractivity contribution in [3.63, 3.8) is 0 Å². The maximum Gasteiger partial charge on any atom is 0.0470 e. The van der Waals surface area contributed by atoms with Gasteiger partial charge in [-0.2, -0.15) is 0 Å². The van der Waals surface area contributed by atoms with Crippen LogP contribution in [0.4, 0.5) is 0 Å². The minimum atomic E-state index is 0.352. The molecule has 1 aromatic carbocycles. The number of hydrogen-bond acceptors (Lipinski definition) is 3. The average molecular weight is 289 g/mol. The smallest absolute Gasteiger partial charge is 0.0470 e. The highest BCUT2D eigenvalue weighted by atomic mass is 15.2. The van der Waals surface area contributed by atoms with E-state index >= 15 is 0 Å². The molecule has 0 aromatic heterocycles. The Bertz CT molecular complexity index is 409. The van der Waals surface area contributed by atoms with Gasteiger partial charge in [-0.1, -0.05) is 31.2 Å². The van der Waals surface area contributed by atoms with Crippen LogP contribution in [0.1, 0.15) is 49.3 Å². The summed E-state index contributed by atoms with van der Waals surface area (Å²) in [4.78, 5) is 4.76. The van der Waals surface area contributed by atoms with Crippen molar-refractivity contribution in [2.45, 2.75) is 38.1 Å². The van der Waals surface area contributed by atoms with Crippen LogP contribution in [0.15, 0.2) is 24.3 Å². The summed E-state index contributed by atoms with van der Waals surface area (Å²) in [5.41, 5.74) is 8.94. The molecule has 1 fully saturated rings. The molecule has 3 heteroatoms. The molecular weight excluding hydrogens is 258 g/mol. The summed E-state index contributed by atoms with van der Waals surface area (Å²) in [5, 5.41) is 0. The number of nitrogens with two attached hydrogens (primary N) is 1. The van der Waals surface area contributed by atoms with Crippen LogP contribution < -0.4 is 5.73 Å². The Balaban J connectivity index is 1.97. The number of nitrogens with zero attached hydrogens (tertiary/aromatic N) is 2. The predicted molar refractivity (Wildman–Crippen MR) is 90.6 cm³/mol. The van der Waals surface area contributed by atoms with E-state index in [9.17, 15) is 0 Å². The van der Waals surface area contributed by atoms with Crippen molar-refractivity contribution in [3.05, 3.63) is 35.4 Å². The lowest BCUT2D eigenvalue weighted by atomic mass is 10.0. The monoisotopic (exact) mass is 289 g/mol. The molecule has 0 saturated heterocycles. The van der Waals surface area contributed by atoms with Crippen LogP contribution in [0, 0.1) is 0 Å². The molecule has 1 atom stereocenters. The quantitative estimate of drug-likeness (QED) is 0.759. The number of benzene rings is 1. The van der Waals surface area contributed by atoms with Crippen LogP contribution in [0.3, 0.4) is 0 Å². The van der Waals surface area contributed by atoms with E-state index < -0.39 is 0 Å². The van der Waals surface area contributed by atoms with E-state index in [4.69, 9.17) is 5.73 Å². The first-order chi connectivity index (χ1) is 10.2. The number of likely N-dealkylation sites (N-methyl/N-ethyl adjacent to an activating group) is 1. The first kappa shape index (κ1) is 16.5. The van der Waals surface area contributed by atoms with Crippen LogP contribution in [0.5, 0.6) is 0 Å². The molecule has 0 amide bonds. The molecule has 0 radical (unpaired) electrons. The molecule has 1 saturated carbocycles. The molecule has 1 aliphatic rings. The summed E-state index contributed by atoms with van der Waals surface area (Å²) in [6.45, 7) is 6.23. The maximum absolute atomic E-state index is 6.07. The van der Waals surface area contributed by atoms with Crippen molar-refractivity contribution in [1.82, 2.24) is 9.80 Å². The highest BCUT2D eigenvalue weighted by Gasteiger charge is 2.24. The first-order valence-corrected chi connectivity index (χ1v) is 8.34. The summed E-state index contributed by atoms with van der Waals surface area (Å²) in [7, 11) is 4.26. The zero-order valence-corrected chi connectivity index (χ0v) is 13.9. The van der Waals surface area contributed by atoms with Crippen molar-refractivity contribution in [2.24, 2.45) is 5.73 Å². The second kappa shape index (κ2) is 7.92. The SMILES string of the molecule is CCN(CCCN(C)C)C(CN)c1ccc(C2CC2)cc1. The Morgan fingerprint density at radius 1 is 1.14 bits per heavy atom. The standard InChI is InChI=1S/C18H31N3/c1-4-21(13-5-12-20(2)3)18(14-19)17-10-8-16(9-11-17)15-6-7-15/h8-11,15,18H,4-7,12-14,19H2,1-3H3. The van der Waals surface area contributed by atoms with Crippen molar-refractivity contribution < 1.29 is 0 Å². The van der Waals surface area contributed by atoms with Crippen LogP contribution in [0.2, 0.25) is 0 Å². The van der Waals surface area contributed by atoms with E-state index in [-0.39, 0.29) is 0 Å². The number of rotatable bonds is 9. The lowest BCUT2D eigenvalue weighted by Gasteiger charge is -2.30. The molecular formula is C18H31N3. The van der Waals surface area contributed by atoms with Crippen molar-refractivity contribution in [2.75, 3.05) is 40.3 Å². The molecule has 1 aromatic rings. The van der Waals surface area contributed by atoms with Crippen molar-refractivity contribution >= 4 is 0 Å². The molecule has 2 rings (SSSR count). The molecule has 0 bridgehead atoms. The molecule has 0 heterocycles. The largest absolute Gasteiger partial charge is 0.329 e. The van der Waals surface area contributed by atoms with E-state index in [0.29, 0.717) is 12.6 Å². The van der Waals surface area contributed by atoms with E-state index in [2.05, 4.69) is 55.1 Å². The Morgan fingerprint density at radius 3 is 2.29 bits per heavy atom. The van der Waals surface area contributed by atoms with Crippen molar-refractivity contribution in [3.8, 4) is 0 Å². The summed E-state index contributed by atoms with van der Waals surface area (Å²) >= 11 is 0. The van der Waals surface area contributed by atoms with Gasteiger partial charge in [0.2, 0.25) is 0 Å². The Kier molecular flexibility index (Phi) is 6.22. The van der Waals surface area contributed by atoms with Crippen LogP contribution >= 0.6 is 0 Å². The molecule has 118 valence electrons. The molecule has 1 aliphatic carbocycles. The molecule has 21 heavy (non-hydrogen) atoms. The second-order valence-corrected chi connectivity index (χ2v) is 6.48. The lowest BCUT2D eigenvalue weighted by molar-refractivity contribution is 0.201. The van der Waals surface area contributed by atoms with Gasteiger partial charge >= 0.3 is 0 Å². The molecule has 3 nitrogen and oxygen atoms in total. The maximum atomic E-state index is 6.07. The third-order valence-electron chi connectivity index (χ3n) is 4.49. The third kappa shape index (κ3) is 4.80. The highest BCUT2D eigenvalue weighted by Crippen LogP contribution is 2.40. The fourth-order valence-electron chi connectivity index (χ4n) is 3.03. The van der Waals surface area contributed by atoms with Gasteiger partial charge < -0.3 is 10.6 Å².